The van der Waals surface area contributed by atoms with E-state index in [0.717, 1.165) is 249 Å². The number of amides is 4. The average Bonchev–Trinajstić information content (AvgIpc) is 1.65. The molecule has 9 aromatic heterocycles. The van der Waals surface area contributed by atoms with Gasteiger partial charge in [-0.1, -0.05) is 92.8 Å². The first-order valence-electron chi connectivity index (χ1n) is 54.4. The Morgan fingerprint density at radius 3 is 0.740 bits per heavy atom. The third-order valence-corrected chi connectivity index (χ3v) is 30.3. The van der Waals surface area contributed by atoms with E-state index in [4.69, 9.17) is 4.74 Å². The van der Waals surface area contributed by atoms with Crippen LogP contribution < -0.4 is 26.2 Å². The van der Waals surface area contributed by atoms with Crippen LogP contribution in [0.4, 0.5) is 28.6 Å². The number of pyridine rings is 5. The van der Waals surface area contributed by atoms with E-state index in [2.05, 4.69) is 205 Å². The van der Waals surface area contributed by atoms with Crippen LogP contribution in [0.5, 0.6) is 0 Å². The second kappa shape index (κ2) is 49.8. The number of aromatic amines is 4. The van der Waals surface area contributed by atoms with Crippen LogP contribution in [-0.2, 0) is 50.6 Å². The van der Waals surface area contributed by atoms with Crippen LogP contribution in [0, 0.1) is 0 Å². The van der Waals surface area contributed by atoms with Crippen LogP contribution in [0.1, 0.15) is 209 Å². The number of nitrogens with one attached hydrogen (secondary N) is 8. The molecule has 0 radical (unpaired) electrons. The molecular formula is C120H137N25O5. The molecule has 8 aliphatic rings. The van der Waals surface area contributed by atoms with Crippen LogP contribution in [0.2, 0.25) is 0 Å². The topological polar surface area (TPSA) is 331 Å². The lowest BCUT2D eigenvalue weighted by atomic mass is 10.0. The third kappa shape index (κ3) is 26.7. The number of carbonyl (C=O) groups excluding carboxylic acids is 4. The van der Waals surface area contributed by atoms with Crippen LogP contribution in [0.3, 0.4) is 0 Å². The summed E-state index contributed by atoms with van der Waals surface area (Å²) < 4.78 is 5.43. The minimum atomic E-state index is -0.257. The van der Waals surface area contributed by atoms with Crippen LogP contribution >= 0.6 is 0 Å². The average molecular weight is 2010 g/mol. The molecule has 30 heteroatoms. The van der Waals surface area contributed by atoms with E-state index in [1.54, 1.807) is 6.20 Å². The number of aromatic nitrogens is 13. The lowest BCUT2D eigenvalue weighted by molar-refractivity contribution is 0.0342. The van der Waals surface area contributed by atoms with Crippen molar-refractivity contribution in [2.24, 2.45) is 0 Å². The predicted octanol–water partition coefficient (Wildman–Crippen LogP) is 21.3. The Morgan fingerprint density at radius 1 is 0.233 bits per heavy atom. The first-order valence-corrected chi connectivity index (χ1v) is 54.4. The second-order valence-corrected chi connectivity index (χ2v) is 41.6. The Bertz CT molecular complexity index is 7000. The number of likely N-dealkylation sites (tertiary alicyclic amines) is 6. The van der Waals surface area contributed by atoms with Gasteiger partial charge in [-0.15, -0.1) is 0 Å². The van der Waals surface area contributed by atoms with Crippen molar-refractivity contribution in [3.8, 4) is 44.5 Å². The Labute approximate surface area is 876 Å². The van der Waals surface area contributed by atoms with E-state index in [1.165, 1.54) is 194 Å². The molecule has 0 spiro atoms. The fourth-order valence-corrected chi connectivity index (χ4v) is 22.1. The highest BCUT2D eigenvalue weighted by Gasteiger charge is 2.27. The zero-order valence-electron chi connectivity index (χ0n) is 86.0. The summed E-state index contributed by atoms with van der Waals surface area (Å²) in [6, 6.07) is 61.4. The maximum atomic E-state index is 13.2. The molecule has 8 N–H and O–H groups in total. The van der Waals surface area contributed by atoms with Gasteiger partial charge in [-0.3, -0.25) is 93.8 Å². The fraction of sp³-hybridized carbons (Fsp3) is 0.375. The maximum absolute atomic E-state index is 13.2. The van der Waals surface area contributed by atoms with Gasteiger partial charge in [-0.2, -0.15) is 20.4 Å². The first-order chi connectivity index (χ1) is 73.9. The summed E-state index contributed by atoms with van der Waals surface area (Å²) >= 11 is 0. The van der Waals surface area contributed by atoms with Gasteiger partial charge in [0.2, 0.25) is 0 Å². The highest BCUT2D eigenvalue weighted by Crippen LogP contribution is 2.35. The summed E-state index contributed by atoms with van der Waals surface area (Å²) in [4.78, 5) is 95.0. The van der Waals surface area contributed by atoms with E-state index in [9.17, 15) is 19.2 Å². The van der Waals surface area contributed by atoms with Crippen molar-refractivity contribution in [2.45, 2.75) is 174 Å². The molecule has 0 bridgehead atoms. The van der Waals surface area contributed by atoms with E-state index in [0.29, 0.717) is 28.5 Å². The fourth-order valence-electron chi connectivity index (χ4n) is 22.1. The Hall–Kier alpha value is -14.5. The SMILES string of the molecule is O=C(Nc1ccc(CN2CCCC2)cc1)c1n[nH]c2ccc(-c3cncc(CN4CCCCC4)c3)cc12.O=C(Nc1ccc(CN2CCCCC2)cc1)c1n[nH]c2ccc(-c3cncc(CN4CCCCC4)c3)cc12.O=C(Nc1ccc(CN2CCOCC2)cc1)c1n[nH]c2ccc(-c3cncc(CN4CCCCC4)c3)cc12.O=C(Nc1ccc(N2CCCCC2)nc1)c1n[nH]c2ccc(-c3cncc(CN4CCCCC4)c3)cc12. The number of morpholine rings is 1. The van der Waals surface area contributed by atoms with Crippen molar-refractivity contribution in [1.29, 1.82) is 0 Å². The summed E-state index contributed by atoms with van der Waals surface area (Å²) in [5.74, 6) is 0.0460. The Kier molecular flexibility index (Phi) is 33.6. The molecule has 0 aliphatic carbocycles. The van der Waals surface area contributed by atoms with Crippen LogP contribution in [-0.4, -0.2) is 242 Å². The van der Waals surface area contributed by atoms with E-state index in [1.807, 2.05) is 153 Å². The molecule has 8 saturated heterocycles. The molecule has 0 atom stereocenters. The number of carbonyl (C=O) groups is 4. The number of ether oxygens (including phenoxy) is 1. The summed E-state index contributed by atoms with van der Waals surface area (Å²) in [7, 11) is 0. The number of hydrogen-bond donors (Lipinski definition) is 8. The Morgan fingerprint density at radius 2 is 0.473 bits per heavy atom. The van der Waals surface area contributed by atoms with Gasteiger partial charge in [0.05, 0.1) is 47.2 Å². The molecule has 17 heterocycles. The van der Waals surface area contributed by atoms with Gasteiger partial charge in [0.1, 0.15) is 5.82 Å². The van der Waals surface area contributed by atoms with Gasteiger partial charge in [0.25, 0.3) is 23.6 Å². The molecule has 7 aromatic carbocycles. The quantitative estimate of drug-likeness (QED) is 0.0237. The molecule has 16 aromatic rings. The van der Waals surface area contributed by atoms with Gasteiger partial charge >= 0.3 is 0 Å². The zero-order chi connectivity index (χ0) is 102. The summed E-state index contributed by atoms with van der Waals surface area (Å²) in [6.45, 7) is 26.0. The molecule has 8 aliphatic heterocycles. The third-order valence-electron chi connectivity index (χ3n) is 30.3. The highest BCUT2D eigenvalue weighted by molar-refractivity contribution is 6.15. The number of benzene rings is 7. The molecule has 30 nitrogen and oxygen atoms in total. The summed E-state index contributed by atoms with van der Waals surface area (Å²) in [6.07, 6.45) is 42.8. The number of anilines is 5. The molecule has 24 rings (SSSR count). The van der Waals surface area contributed by atoms with Crippen molar-refractivity contribution >= 4 is 95.8 Å². The molecule has 150 heavy (non-hydrogen) atoms. The standard InChI is InChI=1S/C31H36N6O.C30H34N6O2.C30H34N6O.C29H33N7O/c38-31(33-27-10-7-23(8-11-27)21-36-13-3-1-4-14-36)30-28-18-25(9-12-29(28)34-35-30)26-17-24(19-32-20-26)22-37-15-5-2-6-16-37;37-30(32-26-7-4-22(5-8-26)20-36-12-14-38-15-13-36)29-27-17-24(6-9-28(27)33-34-29)25-16-23(18-31-19-25)21-35-10-2-1-3-11-35;37-30(32-26-9-6-22(7-10-26)20-35-14-4-5-15-35)29-27-17-24(8-11-28(27)33-34-29)25-16-23(18-31-19-25)21-36-12-2-1-3-13-36;37-29(32-24-8-10-27(31-19-24)36-13-5-2-6-14-36)28-25-16-22(7-9-26(25)33-34-28)23-15-21(17-30-18-23)20-35-11-3-1-4-12-35/h7-12,17-20H,1-6,13-16,21-22H2,(H,33,38)(H,34,35);4-9,16-19H,1-3,10-15,20-21H2,(H,32,37)(H,33,34);6-11,16-19H,1-5,12-15,20-21H2,(H,32,37)(H,33,34);7-10,15-19H,1-6,11-14,20H2,(H,32,37)(H,33,34). The van der Waals surface area contributed by atoms with E-state index in [-0.39, 0.29) is 23.6 Å². The lowest BCUT2D eigenvalue weighted by Crippen LogP contribution is -2.35. The number of rotatable bonds is 27. The predicted molar refractivity (Wildman–Crippen MR) is 595 cm³/mol. The zero-order valence-corrected chi connectivity index (χ0v) is 86.0. The molecule has 0 unspecified atom stereocenters. The molecule has 4 amide bonds. The summed E-state index contributed by atoms with van der Waals surface area (Å²) in [5, 5.41) is 44.6. The van der Waals surface area contributed by atoms with Gasteiger partial charge in [-0.05, 0) is 357 Å². The minimum absolute atomic E-state index is 0.214. The van der Waals surface area contributed by atoms with Gasteiger partial charge in [-0.25, -0.2) is 4.98 Å². The number of hydrogen-bond acceptors (Lipinski definition) is 22. The van der Waals surface area contributed by atoms with E-state index < -0.39 is 0 Å². The van der Waals surface area contributed by atoms with Crippen LogP contribution in [0.25, 0.3) is 88.1 Å². The first kappa shape index (κ1) is 101. The largest absolute Gasteiger partial charge is 0.379 e. The summed E-state index contributed by atoms with van der Waals surface area (Å²) in [5.41, 5.74) is 24.8. The number of nitrogens with zero attached hydrogens (tertiary/aromatic N) is 17. The maximum Gasteiger partial charge on any atom is 0.276 e. The van der Waals surface area contributed by atoms with Gasteiger partial charge in [0.15, 0.2) is 22.8 Å². The number of piperidine rings is 6. The normalized spacial score (nSPS) is 16.9. The van der Waals surface area contributed by atoms with Crippen molar-refractivity contribution in [3.05, 3.63) is 299 Å². The smallest absolute Gasteiger partial charge is 0.276 e. The lowest BCUT2D eigenvalue weighted by Gasteiger charge is -2.27. The minimum Gasteiger partial charge on any atom is -0.379 e. The van der Waals surface area contributed by atoms with Crippen molar-refractivity contribution in [2.75, 3.05) is 144 Å². The van der Waals surface area contributed by atoms with Crippen molar-refractivity contribution in [3.63, 3.8) is 0 Å². The molecule has 0 saturated carbocycles. The van der Waals surface area contributed by atoms with Gasteiger partial charge in [0, 0.05) is 182 Å². The highest BCUT2D eigenvalue weighted by atomic mass is 16.5. The van der Waals surface area contributed by atoms with Crippen LogP contribution in [0.15, 0.2) is 238 Å². The molecular weight excluding hydrogens is 1870 g/mol. The van der Waals surface area contributed by atoms with E-state index >= 15 is 0 Å². The number of H-pyrrole nitrogens is 4. The second-order valence-electron chi connectivity index (χ2n) is 41.6. The van der Waals surface area contributed by atoms with Gasteiger partial charge < -0.3 is 30.9 Å². The number of fused-ring (bicyclic) bond motifs is 4. The Balaban J connectivity index is 0.000000117. The van der Waals surface area contributed by atoms with Crippen molar-refractivity contribution < 1.29 is 23.9 Å². The monoisotopic (exact) mass is 2010 g/mol. The molecule has 772 valence electrons. The molecule has 8 fully saturated rings. The van der Waals surface area contributed by atoms with Crippen molar-refractivity contribution in [1.82, 2.24) is 100 Å².